The smallest absolute Gasteiger partial charge is 0.416 e. The second-order valence-corrected chi connectivity index (χ2v) is 10.0. The predicted molar refractivity (Wildman–Crippen MR) is 114 cm³/mol. The molecule has 7 nitrogen and oxygen atoms in total. The number of para-hydroxylation sites is 1. The van der Waals surface area contributed by atoms with Gasteiger partial charge in [0, 0.05) is 38.6 Å². The van der Waals surface area contributed by atoms with E-state index in [4.69, 9.17) is 4.74 Å². The molecule has 2 heterocycles. The molecule has 2 aromatic carbocycles. The van der Waals surface area contributed by atoms with E-state index in [2.05, 4.69) is 5.32 Å². The van der Waals surface area contributed by atoms with Gasteiger partial charge >= 0.3 is 12.2 Å². The molecule has 1 atom stereocenters. The van der Waals surface area contributed by atoms with E-state index < -0.39 is 26.7 Å². The highest BCUT2D eigenvalue weighted by Crippen LogP contribution is 2.31. The second-order valence-electron chi connectivity index (χ2n) is 8.09. The second kappa shape index (κ2) is 9.22. The maximum atomic E-state index is 13.0. The Morgan fingerprint density at radius 2 is 1.79 bits per heavy atom. The van der Waals surface area contributed by atoms with Crippen LogP contribution in [0.5, 0.6) is 5.75 Å². The van der Waals surface area contributed by atoms with Crippen LogP contribution in [-0.4, -0.2) is 63.0 Å². The van der Waals surface area contributed by atoms with Crippen molar-refractivity contribution in [1.82, 2.24) is 14.5 Å². The number of hydrogen-bond donors (Lipinski definition) is 1. The van der Waals surface area contributed by atoms with Gasteiger partial charge in [-0.05, 0) is 36.2 Å². The third kappa shape index (κ3) is 5.25. The molecule has 2 aliphatic heterocycles. The van der Waals surface area contributed by atoms with Crippen LogP contribution in [0.25, 0.3) is 0 Å². The molecule has 0 radical (unpaired) electrons. The monoisotopic (exact) mass is 483 g/mol. The van der Waals surface area contributed by atoms with Crippen molar-refractivity contribution in [3.05, 3.63) is 59.7 Å². The Kier molecular flexibility index (Phi) is 6.53. The van der Waals surface area contributed by atoms with Gasteiger partial charge in [0.2, 0.25) is 10.0 Å². The number of benzene rings is 2. The number of hydrogen-bond acceptors (Lipinski definition) is 4. The summed E-state index contributed by atoms with van der Waals surface area (Å²) in [7, 11) is -4.09. The lowest BCUT2D eigenvalue weighted by atomic mass is 9.97. The van der Waals surface area contributed by atoms with Crippen LogP contribution in [0, 0.1) is 5.92 Å². The summed E-state index contributed by atoms with van der Waals surface area (Å²) in [5.74, 6) is 0.990. The van der Waals surface area contributed by atoms with E-state index in [9.17, 15) is 26.4 Å². The van der Waals surface area contributed by atoms with E-state index in [0.29, 0.717) is 19.2 Å². The average molecular weight is 484 g/mol. The normalized spacial score (nSPS) is 19.5. The summed E-state index contributed by atoms with van der Waals surface area (Å²) in [6, 6.07) is 11.1. The van der Waals surface area contributed by atoms with Gasteiger partial charge in [-0.25, -0.2) is 13.2 Å². The largest absolute Gasteiger partial charge is 0.493 e. The molecule has 2 aromatic rings. The number of amides is 2. The minimum Gasteiger partial charge on any atom is -0.493 e. The maximum Gasteiger partial charge on any atom is 0.416 e. The summed E-state index contributed by atoms with van der Waals surface area (Å²) in [5, 5.41) is 2.88. The first kappa shape index (κ1) is 23.4. The Bertz CT molecular complexity index is 1120. The summed E-state index contributed by atoms with van der Waals surface area (Å²) in [4.78, 5) is 13.6. The third-order valence-electron chi connectivity index (χ3n) is 5.82. The first-order valence-corrected chi connectivity index (χ1v) is 12.0. The lowest BCUT2D eigenvalue weighted by molar-refractivity contribution is -0.137. The molecule has 2 aliphatic rings. The van der Waals surface area contributed by atoms with Crippen molar-refractivity contribution >= 4 is 16.1 Å². The fourth-order valence-corrected chi connectivity index (χ4v) is 5.45. The summed E-state index contributed by atoms with van der Waals surface area (Å²) >= 11 is 0. The quantitative estimate of drug-likeness (QED) is 0.726. The molecule has 0 aromatic heterocycles. The number of piperazine rings is 1. The number of rotatable bonds is 4. The number of carbonyl (C=O) groups excluding carboxylic acids is 1. The molecule has 0 saturated carbocycles. The van der Waals surface area contributed by atoms with E-state index in [1.165, 1.54) is 4.90 Å². The van der Waals surface area contributed by atoms with Gasteiger partial charge in [0.15, 0.2) is 0 Å². The first-order valence-electron chi connectivity index (χ1n) is 10.6. The van der Waals surface area contributed by atoms with Crippen molar-refractivity contribution in [2.24, 2.45) is 5.92 Å². The Hall–Kier alpha value is -2.79. The van der Waals surface area contributed by atoms with E-state index in [1.807, 2.05) is 24.3 Å². The van der Waals surface area contributed by atoms with E-state index in [-0.39, 0.29) is 38.1 Å². The summed E-state index contributed by atoms with van der Waals surface area (Å²) < 4.78 is 71.3. The molecule has 1 fully saturated rings. The van der Waals surface area contributed by atoms with E-state index >= 15 is 0 Å². The zero-order chi connectivity index (χ0) is 23.6. The van der Waals surface area contributed by atoms with E-state index in [1.54, 1.807) is 0 Å². The third-order valence-corrected chi connectivity index (χ3v) is 7.72. The highest BCUT2D eigenvalue weighted by atomic mass is 32.2. The molecule has 2 amide bonds. The highest BCUT2D eigenvalue weighted by Gasteiger charge is 2.34. The van der Waals surface area contributed by atoms with Crippen LogP contribution in [0.2, 0.25) is 0 Å². The fraction of sp³-hybridized carbons (Fsp3) is 0.409. The van der Waals surface area contributed by atoms with Crippen molar-refractivity contribution in [2.75, 3.05) is 39.3 Å². The van der Waals surface area contributed by atoms with E-state index in [0.717, 1.165) is 40.2 Å². The molecule has 0 bridgehead atoms. The van der Waals surface area contributed by atoms with Crippen molar-refractivity contribution < 1.29 is 31.1 Å². The molecule has 33 heavy (non-hydrogen) atoms. The van der Waals surface area contributed by atoms with Crippen LogP contribution < -0.4 is 10.1 Å². The van der Waals surface area contributed by atoms with Gasteiger partial charge in [-0.2, -0.15) is 17.5 Å². The van der Waals surface area contributed by atoms with Crippen LogP contribution in [0.3, 0.4) is 0 Å². The molecule has 0 aliphatic carbocycles. The molecular formula is C22H24F3N3O4S. The van der Waals surface area contributed by atoms with Crippen LogP contribution in [0.4, 0.5) is 18.0 Å². The lowest BCUT2D eigenvalue weighted by Gasteiger charge is -2.34. The van der Waals surface area contributed by atoms with Gasteiger partial charge in [0.25, 0.3) is 0 Å². The number of alkyl halides is 3. The van der Waals surface area contributed by atoms with Gasteiger partial charge in [0.05, 0.1) is 17.1 Å². The van der Waals surface area contributed by atoms with Crippen LogP contribution in [0.15, 0.2) is 53.4 Å². The average Bonchev–Trinajstić information content (AvgIpc) is 2.82. The van der Waals surface area contributed by atoms with Crippen LogP contribution >= 0.6 is 0 Å². The number of nitrogens with one attached hydrogen (secondary N) is 1. The minimum atomic E-state index is -4.63. The zero-order valence-corrected chi connectivity index (χ0v) is 18.5. The zero-order valence-electron chi connectivity index (χ0n) is 17.7. The van der Waals surface area contributed by atoms with Gasteiger partial charge in [-0.15, -0.1) is 0 Å². The fourth-order valence-electron chi connectivity index (χ4n) is 3.98. The van der Waals surface area contributed by atoms with Gasteiger partial charge in [-0.1, -0.05) is 24.3 Å². The highest BCUT2D eigenvalue weighted by molar-refractivity contribution is 7.89. The van der Waals surface area contributed by atoms with Gasteiger partial charge < -0.3 is 15.0 Å². The standard InChI is InChI=1S/C22H24F3N3O4S/c23-22(24,25)18-5-3-6-19(13-18)33(30,31)28-10-8-27(9-11-28)21(29)26-14-16-12-17-4-1-2-7-20(17)32-15-16/h1-7,13,16H,8-12,14-15H2,(H,26,29). The van der Waals surface area contributed by atoms with Crippen molar-refractivity contribution in [2.45, 2.75) is 17.5 Å². The van der Waals surface area contributed by atoms with Crippen molar-refractivity contribution in [1.29, 1.82) is 0 Å². The number of halogens is 3. The number of nitrogens with zero attached hydrogens (tertiary/aromatic N) is 2. The number of carbonyl (C=O) groups is 1. The first-order chi connectivity index (χ1) is 15.6. The van der Waals surface area contributed by atoms with Crippen molar-refractivity contribution in [3.8, 4) is 5.75 Å². The lowest BCUT2D eigenvalue weighted by Crippen LogP contribution is -2.53. The SMILES string of the molecule is O=C(NCC1COc2ccccc2C1)N1CCN(S(=O)(=O)c2cccc(C(F)(F)F)c2)CC1. The molecule has 0 spiro atoms. The number of fused-ring (bicyclic) bond motifs is 1. The molecule has 1 N–H and O–H groups in total. The predicted octanol–water partition coefficient (Wildman–Crippen LogP) is 2.97. The van der Waals surface area contributed by atoms with Crippen LogP contribution in [-0.2, 0) is 22.6 Å². The molecular weight excluding hydrogens is 459 g/mol. The number of ether oxygens (including phenoxy) is 1. The topological polar surface area (TPSA) is 79.0 Å². The molecule has 4 rings (SSSR count). The Morgan fingerprint density at radius 3 is 2.52 bits per heavy atom. The summed E-state index contributed by atoms with van der Waals surface area (Å²) in [5.41, 5.74) is 0.0762. The minimum absolute atomic E-state index is 0.00587. The molecule has 11 heteroatoms. The molecule has 1 unspecified atom stereocenters. The Balaban J connectivity index is 1.30. The maximum absolute atomic E-state index is 13.0. The Morgan fingerprint density at radius 1 is 1.06 bits per heavy atom. The van der Waals surface area contributed by atoms with Gasteiger partial charge in [0.1, 0.15) is 5.75 Å². The summed E-state index contributed by atoms with van der Waals surface area (Å²) in [6.07, 6.45) is -3.84. The Labute approximate surface area is 190 Å². The summed E-state index contributed by atoms with van der Waals surface area (Å²) in [6.45, 7) is 1.23. The van der Waals surface area contributed by atoms with Crippen LogP contribution in [0.1, 0.15) is 11.1 Å². The molecule has 178 valence electrons. The van der Waals surface area contributed by atoms with Gasteiger partial charge in [-0.3, -0.25) is 0 Å². The van der Waals surface area contributed by atoms with Crippen molar-refractivity contribution in [3.63, 3.8) is 0 Å². The molecule has 1 saturated heterocycles. The number of urea groups is 1. The number of sulfonamides is 1.